The van der Waals surface area contributed by atoms with Crippen molar-refractivity contribution in [3.8, 4) is 22.3 Å². The average Bonchev–Trinajstić information content (AvgIpc) is 3.42. The molecule has 0 saturated carbocycles. The van der Waals surface area contributed by atoms with Crippen LogP contribution < -0.4 is 0 Å². The van der Waals surface area contributed by atoms with Gasteiger partial charge in [0.05, 0.1) is 5.41 Å². The van der Waals surface area contributed by atoms with Gasteiger partial charge in [0.2, 0.25) is 0 Å². The summed E-state index contributed by atoms with van der Waals surface area (Å²) >= 11 is 0. The van der Waals surface area contributed by atoms with Crippen molar-refractivity contribution >= 4 is 43.1 Å². The molecule has 9 aromatic rings. The van der Waals surface area contributed by atoms with E-state index in [1.807, 2.05) is 0 Å². The Kier molecular flexibility index (Phi) is 5.02. The van der Waals surface area contributed by atoms with Crippen molar-refractivity contribution in [1.82, 2.24) is 0 Å². The Balaban J connectivity index is 1.30. The Morgan fingerprint density at radius 3 is 1.56 bits per heavy atom. The van der Waals surface area contributed by atoms with Crippen molar-refractivity contribution in [2.24, 2.45) is 0 Å². The smallest absolute Gasteiger partial charge is 0.0622 e. The molecule has 45 heavy (non-hydrogen) atoms. The van der Waals surface area contributed by atoms with Crippen LogP contribution in [0.25, 0.3) is 65.3 Å². The number of hydrogen-bond donors (Lipinski definition) is 0. The maximum atomic E-state index is 2.48. The van der Waals surface area contributed by atoms with Gasteiger partial charge in [-0.1, -0.05) is 152 Å². The van der Waals surface area contributed by atoms with Gasteiger partial charge in [-0.2, -0.15) is 0 Å². The second-order valence-corrected chi connectivity index (χ2v) is 12.5. The summed E-state index contributed by atoms with van der Waals surface area (Å²) in [5.41, 5.74) is 9.96. The highest BCUT2D eigenvalue weighted by Crippen LogP contribution is 2.58. The molecule has 0 bridgehead atoms. The van der Waals surface area contributed by atoms with E-state index in [0.29, 0.717) is 0 Å². The second-order valence-electron chi connectivity index (χ2n) is 12.5. The number of hydrogen-bond acceptors (Lipinski definition) is 0. The molecular formula is C45H28. The molecular weight excluding hydrogens is 540 g/mol. The summed E-state index contributed by atoms with van der Waals surface area (Å²) < 4.78 is 0. The van der Waals surface area contributed by atoms with Crippen LogP contribution in [0.2, 0.25) is 0 Å². The van der Waals surface area contributed by atoms with Gasteiger partial charge < -0.3 is 0 Å². The van der Waals surface area contributed by atoms with Crippen molar-refractivity contribution in [2.45, 2.75) is 5.41 Å². The third kappa shape index (κ3) is 3.32. The first kappa shape index (κ1) is 24.7. The molecule has 1 aliphatic rings. The predicted octanol–water partition coefficient (Wildman–Crippen LogP) is 11.8. The minimum absolute atomic E-state index is 0.458. The lowest BCUT2D eigenvalue weighted by atomic mass is 9.66. The quantitative estimate of drug-likeness (QED) is 0.186. The normalized spacial score (nSPS) is 13.5. The molecule has 0 nitrogen and oxygen atoms in total. The van der Waals surface area contributed by atoms with Crippen LogP contribution in [0.1, 0.15) is 22.3 Å². The monoisotopic (exact) mass is 568 g/mol. The molecule has 0 fully saturated rings. The molecule has 0 N–H and O–H groups in total. The summed E-state index contributed by atoms with van der Waals surface area (Å²) in [6, 6.07) is 63.5. The van der Waals surface area contributed by atoms with Crippen LogP contribution in [-0.4, -0.2) is 0 Å². The van der Waals surface area contributed by atoms with Gasteiger partial charge in [0, 0.05) is 0 Å². The molecule has 0 amide bonds. The maximum Gasteiger partial charge on any atom is 0.0719 e. The molecule has 0 radical (unpaired) electrons. The van der Waals surface area contributed by atoms with Crippen LogP contribution in [0.3, 0.4) is 0 Å². The Bertz CT molecular complexity index is 2470. The molecule has 208 valence electrons. The Morgan fingerprint density at radius 1 is 0.333 bits per heavy atom. The minimum atomic E-state index is -0.458. The zero-order valence-electron chi connectivity index (χ0n) is 24.7. The lowest BCUT2D eigenvalue weighted by molar-refractivity contribution is 0.776. The van der Waals surface area contributed by atoms with Crippen LogP contribution in [0.5, 0.6) is 0 Å². The van der Waals surface area contributed by atoms with Gasteiger partial charge >= 0.3 is 0 Å². The lowest BCUT2D eigenvalue weighted by Crippen LogP contribution is -2.28. The van der Waals surface area contributed by atoms with Crippen molar-refractivity contribution in [2.75, 3.05) is 0 Å². The summed E-state index contributed by atoms with van der Waals surface area (Å²) in [6.45, 7) is 0. The molecule has 10 rings (SSSR count). The standard InChI is InChI=1S/C45H28/c1-3-13-36(14-4-1)45(37-15-5-2-6-16-37)41-28-32(23-24-39(41)40-25-22-29-10-7-8-17-38(29)44(40)45)35-26-33-20-18-30-11-9-12-31-19-21-34(27-35)43(33)42(30)31/h1-28H. The minimum Gasteiger partial charge on any atom is -0.0622 e. The van der Waals surface area contributed by atoms with E-state index in [2.05, 4.69) is 170 Å². The molecule has 0 unspecified atom stereocenters. The highest BCUT2D eigenvalue weighted by atomic mass is 14.5. The van der Waals surface area contributed by atoms with E-state index >= 15 is 0 Å². The number of rotatable bonds is 3. The summed E-state index contributed by atoms with van der Waals surface area (Å²) in [5.74, 6) is 0. The zero-order chi connectivity index (χ0) is 29.5. The number of benzene rings is 9. The third-order valence-corrected chi connectivity index (χ3v) is 10.2. The molecule has 0 spiro atoms. The topological polar surface area (TPSA) is 0 Å². The zero-order valence-corrected chi connectivity index (χ0v) is 24.7. The molecule has 0 atom stereocenters. The van der Waals surface area contributed by atoms with Crippen molar-refractivity contribution in [3.63, 3.8) is 0 Å². The van der Waals surface area contributed by atoms with E-state index in [1.165, 1.54) is 87.6 Å². The number of fused-ring (bicyclic) bond motifs is 5. The fourth-order valence-corrected chi connectivity index (χ4v) is 8.37. The van der Waals surface area contributed by atoms with Crippen LogP contribution in [-0.2, 0) is 5.41 Å². The van der Waals surface area contributed by atoms with E-state index in [0.717, 1.165) is 0 Å². The Hall–Kier alpha value is -5.72. The first-order chi connectivity index (χ1) is 22.3. The maximum absolute atomic E-state index is 2.48. The summed E-state index contributed by atoms with van der Waals surface area (Å²) in [6.07, 6.45) is 0. The van der Waals surface area contributed by atoms with Gasteiger partial charge in [-0.25, -0.2) is 0 Å². The van der Waals surface area contributed by atoms with Gasteiger partial charge in [0.25, 0.3) is 0 Å². The lowest BCUT2D eigenvalue weighted by Gasteiger charge is -2.35. The highest BCUT2D eigenvalue weighted by molar-refractivity contribution is 6.23. The first-order valence-electron chi connectivity index (χ1n) is 15.8. The van der Waals surface area contributed by atoms with Crippen molar-refractivity contribution in [3.05, 3.63) is 192 Å². The molecule has 0 saturated heterocycles. The SMILES string of the molecule is c1ccc(C2(c3ccccc3)c3cc(-c4cc5ccc6cccc7ccc(c4)c5c67)ccc3-c3ccc4ccccc4c32)cc1. The van der Waals surface area contributed by atoms with Gasteiger partial charge in [-0.05, 0) is 106 Å². The van der Waals surface area contributed by atoms with E-state index in [4.69, 9.17) is 0 Å². The molecule has 1 aliphatic carbocycles. The highest BCUT2D eigenvalue weighted by Gasteiger charge is 2.47. The Morgan fingerprint density at radius 2 is 0.867 bits per heavy atom. The molecule has 0 aliphatic heterocycles. The average molecular weight is 569 g/mol. The largest absolute Gasteiger partial charge is 0.0719 e. The van der Waals surface area contributed by atoms with Gasteiger partial charge in [-0.3, -0.25) is 0 Å². The van der Waals surface area contributed by atoms with Gasteiger partial charge in [-0.15, -0.1) is 0 Å². The van der Waals surface area contributed by atoms with Gasteiger partial charge in [0.1, 0.15) is 0 Å². The molecule has 0 aromatic heterocycles. The fraction of sp³-hybridized carbons (Fsp3) is 0.0222. The third-order valence-electron chi connectivity index (χ3n) is 10.2. The van der Waals surface area contributed by atoms with Gasteiger partial charge in [0.15, 0.2) is 0 Å². The van der Waals surface area contributed by atoms with Crippen molar-refractivity contribution < 1.29 is 0 Å². The fourth-order valence-electron chi connectivity index (χ4n) is 8.37. The summed E-state index contributed by atoms with van der Waals surface area (Å²) in [7, 11) is 0. The van der Waals surface area contributed by atoms with Crippen LogP contribution >= 0.6 is 0 Å². The summed E-state index contributed by atoms with van der Waals surface area (Å²) in [5, 5.41) is 10.5. The van der Waals surface area contributed by atoms with E-state index < -0.39 is 5.41 Å². The molecule has 0 heterocycles. The molecule has 9 aromatic carbocycles. The predicted molar refractivity (Wildman–Crippen MR) is 190 cm³/mol. The molecule has 0 heteroatoms. The first-order valence-corrected chi connectivity index (χ1v) is 15.8. The van der Waals surface area contributed by atoms with Crippen LogP contribution in [0.15, 0.2) is 170 Å². The summed E-state index contributed by atoms with van der Waals surface area (Å²) in [4.78, 5) is 0. The van der Waals surface area contributed by atoms with E-state index in [-0.39, 0.29) is 0 Å². The van der Waals surface area contributed by atoms with E-state index in [1.54, 1.807) is 0 Å². The Labute approximate surface area is 262 Å². The van der Waals surface area contributed by atoms with Crippen molar-refractivity contribution in [1.29, 1.82) is 0 Å². The van der Waals surface area contributed by atoms with Crippen LogP contribution in [0, 0.1) is 0 Å². The van der Waals surface area contributed by atoms with Crippen LogP contribution in [0.4, 0.5) is 0 Å². The van der Waals surface area contributed by atoms with E-state index in [9.17, 15) is 0 Å². The second kappa shape index (κ2) is 9.14.